The van der Waals surface area contributed by atoms with Crippen LogP contribution in [0.1, 0.15) is 43.9 Å². The largest absolute Gasteiger partial charge is 0.483 e. The molecule has 1 atom stereocenters. The van der Waals surface area contributed by atoms with Crippen molar-refractivity contribution in [3.63, 3.8) is 0 Å². The lowest BCUT2D eigenvalue weighted by Crippen LogP contribution is -2.50. The van der Waals surface area contributed by atoms with E-state index in [1.165, 1.54) is 5.56 Å². The number of aryl methyl sites for hydroxylation is 2. The third-order valence-corrected chi connectivity index (χ3v) is 5.55. The fraction of sp³-hybridized carbons (Fsp3) is 0.417. The first-order valence-electron chi connectivity index (χ1n) is 10.4. The fourth-order valence-corrected chi connectivity index (χ4v) is 3.86. The summed E-state index contributed by atoms with van der Waals surface area (Å²) < 4.78 is 6.62. The van der Waals surface area contributed by atoms with Gasteiger partial charge in [-0.05, 0) is 65.9 Å². The van der Waals surface area contributed by atoms with E-state index in [2.05, 4.69) is 28.2 Å². The highest BCUT2D eigenvalue weighted by atomic mass is 79.9. The zero-order valence-electron chi connectivity index (χ0n) is 18.2. The predicted octanol–water partition coefficient (Wildman–Crippen LogP) is 4.64. The van der Waals surface area contributed by atoms with Crippen LogP contribution >= 0.6 is 15.9 Å². The van der Waals surface area contributed by atoms with Crippen molar-refractivity contribution in [3.05, 3.63) is 63.6 Å². The normalized spacial score (nSPS) is 11.6. The summed E-state index contributed by atoms with van der Waals surface area (Å²) in [6.07, 6.45) is 1.45. The van der Waals surface area contributed by atoms with E-state index in [0.717, 1.165) is 22.0 Å². The highest BCUT2D eigenvalue weighted by Crippen LogP contribution is 2.26. The molecule has 0 aliphatic heterocycles. The van der Waals surface area contributed by atoms with E-state index >= 15 is 0 Å². The third-order valence-electron chi connectivity index (χ3n) is 4.93. The van der Waals surface area contributed by atoms with Crippen LogP contribution in [0.25, 0.3) is 0 Å². The first kappa shape index (κ1) is 23.9. The van der Waals surface area contributed by atoms with Crippen molar-refractivity contribution >= 4 is 27.7 Å². The number of nitrogens with one attached hydrogen (secondary N) is 1. The van der Waals surface area contributed by atoms with Crippen LogP contribution in [0, 0.1) is 6.92 Å². The molecule has 2 amide bonds. The Morgan fingerprint density at radius 1 is 1.10 bits per heavy atom. The first-order chi connectivity index (χ1) is 14.4. The fourth-order valence-electron chi connectivity index (χ4n) is 3.32. The van der Waals surface area contributed by atoms with Gasteiger partial charge in [0.15, 0.2) is 6.61 Å². The minimum absolute atomic E-state index is 0.133. The van der Waals surface area contributed by atoms with Crippen molar-refractivity contribution in [1.82, 2.24) is 10.2 Å². The van der Waals surface area contributed by atoms with Gasteiger partial charge in [0.2, 0.25) is 5.91 Å². The Bertz CT molecular complexity index is 869. The summed E-state index contributed by atoms with van der Waals surface area (Å²) in [5, 5.41) is 2.84. The van der Waals surface area contributed by atoms with Gasteiger partial charge in [-0.1, -0.05) is 49.7 Å². The molecule has 162 valence electrons. The molecular formula is C24H31BrN2O3. The van der Waals surface area contributed by atoms with Crippen molar-refractivity contribution in [2.75, 3.05) is 13.2 Å². The summed E-state index contributed by atoms with van der Waals surface area (Å²) in [6, 6.07) is 13.3. The number of halogens is 1. The summed E-state index contributed by atoms with van der Waals surface area (Å²) in [6.45, 7) is 8.63. The second kappa shape index (κ2) is 11.7. The summed E-state index contributed by atoms with van der Waals surface area (Å²) >= 11 is 3.51. The molecule has 2 aromatic rings. The van der Waals surface area contributed by atoms with E-state index in [1.807, 2.05) is 63.2 Å². The molecule has 2 rings (SSSR count). The summed E-state index contributed by atoms with van der Waals surface area (Å²) in [4.78, 5) is 27.4. The van der Waals surface area contributed by atoms with Gasteiger partial charge in [0.25, 0.3) is 5.91 Å². The molecule has 30 heavy (non-hydrogen) atoms. The summed E-state index contributed by atoms with van der Waals surface area (Å²) in [7, 11) is 0. The van der Waals surface area contributed by atoms with Crippen LogP contribution in [-0.4, -0.2) is 35.9 Å². The number of carbonyl (C=O) groups is 2. The molecule has 0 fully saturated rings. The maximum absolute atomic E-state index is 13.2. The zero-order chi connectivity index (χ0) is 22.1. The summed E-state index contributed by atoms with van der Waals surface area (Å²) in [5.41, 5.74) is 3.28. The van der Waals surface area contributed by atoms with Crippen LogP contribution in [0.3, 0.4) is 0 Å². The van der Waals surface area contributed by atoms with Gasteiger partial charge < -0.3 is 15.0 Å². The molecule has 5 nitrogen and oxygen atoms in total. The van der Waals surface area contributed by atoms with Crippen molar-refractivity contribution in [2.24, 2.45) is 0 Å². The lowest BCUT2D eigenvalue weighted by molar-refractivity contribution is -0.142. The van der Waals surface area contributed by atoms with E-state index in [4.69, 9.17) is 4.74 Å². The Morgan fingerprint density at radius 2 is 1.87 bits per heavy atom. The van der Waals surface area contributed by atoms with E-state index in [1.54, 1.807) is 4.90 Å². The Morgan fingerprint density at radius 3 is 2.47 bits per heavy atom. The standard InChI is InChI=1S/C24H31BrN2O3/c1-5-18-11-12-22(20(25)14-18)30-16-23(28)27(21(6-2)24(29)26-7-3)15-19-10-8-9-17(4)13-19/h8-14,21H,5-7,15-16H2,1-4H3,(H,26,29). The average molecular weight is 475 g/mol. The topological polar surface area (TPSA) is 58.6 Å². The highest BCUT2D eigenvalue weighted by molar-refractivity contribution is 9.10. The molecular weight excluding hydrogens is 444 g/mol. The molecule has 0 aliphatic carbocycles. The zero-order valence-corrected chi connectivity index (χ0v) is 19.8. The van der Waals surface area contributed by atoms with Gasteiger partial charge in [-0.15, -0.1) is 0 Å². The van der Waals surface area contributed by atoms with Crippen LogP contribution in [-0.2, 0) is 22.6 Å². The van der Waals surface area contributed by atoms with Gasteiger partial charge in [0.05, 0.1) is 4.47 Å². The average Bonchev–Trinajstić information content (AvgIpc) is 2.72. The van der Waals surface area contributed by atoms with Crippen LogP contribution in [0.15, 0.2) is 46.9 Å². The van der Waals surface area contributed by atoms with Crippen LogP contribution in [0.4, 0.5) is 0 Å². The molecule has 0 aliphatic rings. The van der Waals surface area contributed by atoms with Crippen molar-refractivity contribution in [3.8, 4) is 5.75 Å². The Kier molecular flexibility index (Phi) is 9.37. The second-order valence-electron chi connectivity index (χ2n) is 7.24. The minimum atomic E-state index is -0.549. The van der Waals surface area contributed by atoms with Gasteiger partial charge >= 0.3 is 0 Å². The third kappa shape index (κ3) is 6.59. The number of ether oxygens (including phenoxy) is 1. The van der Waals surface area contributed by atoms with Crippen LogP contribution < -0.4 is 10.1 Å². The molecule has 0 bridgehead atoms. The molecule has 0 heterocycles. The van der Waals surface area contributed by atoms with Gasteiger partial charge in [0, 0.05) is 13.1 Å². The predicted molar refractivity (Wildman–Crippen MR) is 124 cm³/mol. The van der Waals surface area contributed by atoms with E-state index < -0.39 is 6.04 Å². The first-order valence-corrected chi connectivity index (χ1v) is 11.2. The van der Waals surface area contributed by atoms with E-state index in [-0.39, 0.29) is 18.4 Å². The quantitative estimate of drug-likeness (QED) is 0.545. The molecule has 0 aromatic heterocycles. The van der Waals surface area contributed by atoms with Crippen LogP contribution in [0.2, 0.25) is 0 Å². The molecule has 2 aromatic carbocycles. The number of likely N-dealkylation sites (N-methyl/N-ethyl adjacent to an activating group) is 1. The molecule has 0 saturated carbocycles. The van der Waals surface area contributed by atoms with Crippen molar-refractivity contribution < 1.29 is 14.3 Å². The minimum Gasteiger partial charge on any atom is -0.483 e. The molecule has 0 radical (unpaired) electrons. The Balaban J connectivity index is 2.21. The van der Waals surface area contributed by atoms with Gasteiger partial charge in [-0.3, -0.25) is 9.59 Å². The number of hydrogen-bond donors (Lipinski definition) is 1. The SMILES string of the molecule is CCNC(=O)C(CC)N(Cc1cccc(C)c1)C(=O)COc1ccc(CC)cc1Br. The van der Waals surface area contributed by atoms with Crippen molar-refractivity contribution in [2.45, 2.75) is 53.1 Å². The number of carbonyl (C=O) groups excluding carboxylic acids is 2. The number of amides is 2. The van der Waals surface area contributed by atoms with Crippen molar-refractivity contribution in [1.29, 1.82) is 0 Å². The van der Waals surface area contributed by atoms with E-state index in [9.17, 15) is 9.59 Å². The Labute approximate surface area is 187 Å². The van der Waals surface area contributed by atoms with Gasteiger partial charge in [0.1, 0.15) is 11.8 Å². The number of benzene rings is 2. The van der Waals surface area contributed by atoms with Crippen LogP contribution in [0.5, 0.6) is 5.75 Å². The molecule has 0 saturated heterocycles. The number of hydrogen-bond acceptors (Lipinski definition) is 3. The highest BCUT2D eigenvalue weighted by Gasteiger charge is 2.28. The smallest absolute Gasteiger partial charge is 0.261 e. The Hall–Kier alpha value is -2.34. The maximum atomic E-state index is 13.2. The van der Waals surface area contributed by atoms with E-state index in [0.29, 0.717) is 25.3 Å². The second-order valence-corrected chi connectivity index (χ2v) is 8.09. The number of rotatable bonds is 10. The summed E-state index contributed by atoms with van der Waals surface area (Å²) in [5.74, 6) is 0.248. The number of nitrogens with zero attached hydrogens (tertiary/aromatic N) is 1. The molecule has 1 unspecified atom stereocenters. The molecule has 1 N–H and O–H groups in total. The van der Waals surface area contributed by atoms with Gasteiger partial charge in [-0.25, -0.2) is 0 Å². The lowest BCUT2D eigenvalue weighted by Gasteiger charge is -2.30. The lowest BCUT2D eigenvalue weighted by atomic mass is 10.1. The molecule has 0 spiro atoms. The maximum Gasteiger partial charge on any atom is 0.261 e. The molecule has 6 heteroatoms. The van der Waals surface area contributed by atoms with Gasteiger partial charge in [-0.2, -0.15) is 0 Å². The monoisotopic (exact) mass is 474 g/mol.